The molecule has 29 heavy (non-hydrogen) atoms. The quantitative estimate of drug-likeness (QED) is 0.558. The first-order chi connectivity index (χ1) is 14.3. The van der Waals surface area contributed by atoms with Crippen LogP contribution in [0.1, 0.15) is 23.2 Å². The van der Waals surface area contributed by atoms with Crippen molar-refractivity contribution in [3.8, 4) is 5.69 Å². The van der Waals surface area contributed by atoms with E-state index in [1.54, 1.807) is 12.1 Å². The molecule has 9 heteroatoms. The summed E-state index contributed by atoms with van der Waals surface area (Å²) in [5.41, 5.74) is 2.91. The standard InChI is InChI=1S/C20H19N7O2/c28-19(14-5-3-6-15(11-14)27-13-22-24-25-27)21-12-16-7-4-10-26(16)20-23-17-8-1-2-9-18(17)29-20/h1-3,5-6,8-9,11,13,16H,4,7,10,12H2,(H,21,28). The average molecular weight is 389 g/mol. The molecule has 1 fully saturated rings. The van der Waals surface area contributed by atoms with Crippen LogP contribution >= 0.6 is 0 Å². The van der Waals surface area contributed by atoms with Crippen LogP contribution in [0.2, 0.25) is 0 Å². The summed E-state index contributed by atoms with van der Waals surface area (Å²) in [5.74, 6) is -0.135. The van der Waals surface area contributed by atoms with Crippen LogP contribution in [-0.4, -0.2) is 50.2 Å². The number of amides is 1. The Hall–Kier alpha value is -3.75. The van der Waals surface area contributed by atoms with Gasteiger partial charge in [-0.15, -0.1) is 5.10 Å². The molecule has 0 radical (unpaired) electrons. The summed E-state index contributed by atoms with van der Waals surface area (Å²) < 4.78 is 7.43. The van der Waals surface area contributed by atoms with Gasteiger partial charge in [0.25, 0.3) is 11.9 Å². The highest BCUT2D eigenvalue weighted by Crippen LogP contribution is 2.28. The molecule has 1 atom stereocenters. The monoisotopic (exact) mass is 389 g/mol. The molecule has 146 valence electrons. The number of carbonyl (C=O) groups is 1. The topological polar surface area (TPSA) is 102 Å². The fourth-order valence-corrected chi connectivity index (χ4v) is 3.66. The van der Waals surface area contributed by atoms with Crippen molar-refractivity contribution in [2.75, 3.05) is 18.0 Å². The minimum atomic E-state index is -0.135. The Morgan fingerprint density at radius 3 is 3.00 bits per heavy atom. The molecular weight excluding hydrogens is 370 g/mol. The lowest BCUT2D eigenvalue weighted by Crippen LogP contribution is -2.40. The molecule has 1 unspecified atom stereocenters. The van der Waals surface area contributed by atoms with E-state index in [0.29, 0.717) is 18.1 Å². The first-order valence-electron chi connectivity index (χ1n) is 9.52. The number of para-hydroxylation sites is 2. The van der Waals surface area contributed by atoms with Gasteiger partial charge in [0, 0.05) is 18.7 Å². The van der Waals surface area contributed by atoms with E-state index in [9.17, 15) is 4.79 Å². The third kappa shape index (κ3) is 3.42. The number of carbonyl (C=O) groups excluding carboxylic acids is 1. The van der Waals surface area contributed by atoms with Gasteiger partial charge in [-0.1, -0.05) is 18.2 Å². The zero-order valence-corrected chi connectivity index (χ0v) is 15.6. The number of nitrogens with one attached hydrogen (secondary N) is 1. The number of oxazole rings is 1. The van der Waals surface area contributed by atoms with Crippen molar-refractivity contribution >= 4 is 23.0 Å². The predicted octanol–water partition coefficient (Wildman–Crippen LogP) is 2.20. The van der Waals surface area contributed by atoms with Crippen LogP contribution in [0, 0.1) is 0 Å². The van der Waals surface area contributed by atoms with Gasteiger partial charge in [-0.2, -0.15) is 4.98 Å². The van der Waals surface area contributed by atoms with Crippen molar-refractivity contribution in [1.82, 2.24) is 30.5 Å². The number of rotatable bonds is 5. The second-order valence-electron chi connectivity index (χ2n) is 6.97. The van der Waals surface area contributed by atoms with Crippen LogP contribution in [0.3, 0.4) is 0 Å². The Morgan fingerprint density at radius 2 is 2.14 bits per heavy atom. The van der Waals surface area contributed by atoms with Gasteiger partial charge in [-0.05, 0) is 53.6 Å². The zero-order chi connectivity index (χ0) is 19.6. The van der Waals surface area contributed by atoms with E-state index >= 15 is 0 Å². The van der Waals surface area contributed by atoms with Crippen molar-refractivity contribution in [3.63, 3.8) is 0 Å². The Balaban J connectivity index is 1.28. The third-order valence-electron chi connectivity index (χ3n) is 5.13. The number of tetrazole rings is 1. The third-order valence-corrected chi connectivity index (χ3v) is 5.13. The van der Waals surface area contributed by atoms with Crippen molar-refractivity contribution in [2.24, 2.45) is 0 Å². The fourth-order valence-electron chi connectivity index (χ4n) is 3.66. The van der Waals surface area contributed by atoms with Crippen LogP contribution in [-0.2, 0) is 0 Å². The summed E-state index contributed by atoms with van der Waals surface area (Å²) in [4.78, 5) is 19.4. The largest absolute Gasteiger partial charge is 0.423 e. The molecule has 2 aromatic heterocycles. The Bertz CT molecular complexity index is 1110. The van der Waals surface area contributed by atoms with E-state index in [4.69, 9.17) is 4.42 Å². The number of anilines is 1. The smallest absolute Gasteiger partial charge is 0.298 e. The average Bonchev–Trinajstić information content (AvgIpc) is 3.52. The molecule has 1 aliphatic rings. The molecule has 0 spiro atoms. The summed E-state index contributed by atoms with van der Waals surface area (Å²) in [6, 6.07) is 15.7. The molecule has 1 amide bonds. The molecule has 5 rings (SSSR count). The molecule has 0 aliphatic carbocycles. The lowest BCUT2D eigenvalue weighted by atomic mass is 10.1. The van der Waals surface area contributed by atoms with Gasteiger partial charge < -0.3 is 14.6 Å². The molecule has 0 saturated carbocycles. The Labute approximate surface area is 166 Å². The Morgan fingerprint density at radius 1 is 1.21 bits per heavy atom. The lowest BCUT2D eigenvalue weighted by molar-refractivity contribution is 0.0951. The van der Waals surface area contributed by atoms with Gasteiger partial charge in [0.05, 0.1) is 11.7 Å². The Kier molecular flexibility index (Phi) is 4.39. The van der Waals surface area contributed by atoms with E-state index < -0.39 is 0 Å². The SMILES string of the molecule is O=C(NCC1CCCN1c1nc2ccccc2o1)c1cccc(-n2cnnn2)c1. The zero-order valence-electron chi connectivity index (χ0n) is 15.6. The van der Waals surface area contributed by atoms with Crippen LogP contribution in [0.4, 0.5) is 6.01 Å². The number of benzene rings is 2. The predicted molar refractivity (Wildman–Crippen MR) is 106 cm³/mol. The van der Waals surface area contributed by atoms with Gasteiger partial charge in [0.15, 0.2) is 5.58 Å². The minimum Gasteiger partial charge on any atom is -0.423 e. The molecule has 9 nitrogen and oxygen atoms in total. The highest BCUT2D eigenvalue weighted by Gasteiger charge is 2.28. The van der Waals surface area contributed by atoms with Crippen molar-refractivity contribution in [1.29, 1.82) is 0 Å². The second kappa shape index (κ2) is 7.34. The van der Waals surface area contributed by atoms with Gasteiger partial charge in [-0.3, -0.25) is 4.79 Å². The van der Waals surface area contributed by atoms with Crippen LogP contribution in [0.15, 0.2) is 59.3 Å². The number of hydrogen-bond acceptors (Lipinski definition) is 7. The summed E-state index contributed by atoms with van der Waals surface area (Å²) >= 11 is 0. The fraction of sp³-hybridized carbons (Fsp3) is 0.250. The van der Waals surface area contributed by atoms with Gasteiger partial charge in [-0.25, -0.2) is 4.68 Å². The summed E-state index contributed by atoms with van der Waals surface area (Å²) in [6.45, 7) is 1.38. The highest BCUT2D eigenvalue weighted by atomic mass is 16.4. The van der Waals surface area contributed by atoms with E-state index in [-0.39, 0.29) is 11.9 Å². The van der Waals surface area contributed by atoms with E-state index in [2.05, 4.69) is 30.7 Å². The number of fused-ring (bicyclic) bond motifs is 1. The summed E-state index contributed by atoms with van der Waals surface area (Å²) in [7, 11) is 0. The number of aromatic nitrogens is 5. The van der Waals surface area contributed by atoms with Crippen molar-refractivity contribution in [2.45, 2.75) is 18.9 Å². The highest BCUT2D eigenvalue weighted by molar-refractivity contribution is 5.94. The normalized spacial score (nSPS) is 16.4. The molecule has 1 aliphatic heterocycles. The molecule has 3 heterocycles. The number of nitrogens with zero attached hydrogens (tertiary/aromatic N) is 6. The molecule has 1 N–H and O–H groups in total. The maximum Gasteiger partial charge on any atom is 0.298 e. The minimum absolute atomic E-state index is 0.135. The molecule has 1 saturated heterocycles. The van der Waals surface area contributed by atoms with Crippen molar-refractivity contribution < 1.29 is 9.21 Å². The number of hydrogen-bond donors (Lipinski definition) is 1. The van der Waals surface area contributed by atoms with Crippen LogP contribution in [0.5, 0.6) is 0 Å². The van der Waals surface area contributed by atoms with Gasteiger partial charge >= 0.3 is 0 Å². The second-order valence-corrected chi connectivity index (χ2v) is 6.97. The van der Waals surface area contributed by atoms with Crippen LogP contribution < -0.4 is 10.2 Å². The first kappa shape index (κ1) is 17.4. The van der Waals surface area contributed by atoms with Gasteiger partial charge in [0.1, 0.15) is 11.8 Å². The first-order valence-corrected chi connectivity index (χ1v) is 9.52. The maximum absolute atomic E-state index is 12.7. The maximum atomic E-state index is 12.7. The van der Waals surface area contributed by atoms with Gasteiger partial charge in [0.2, 0.25) is 0 Å². The van der Waals surface area contributed by atoms with Crippen molar-refractivity contribution in [3.05, 3.63) is 60.4 Å². The van der Waals surface area contributed by atoms with E-state index in [1.165, 1.54) is 11.0 Å². The molecular formula is C20H19N7O2. The van der Waals surface area contributed by atoms with E-state index in [0.717, 1.165) is 36.2 Å². The molecule has 0 bridgehead atoms. The summed E-state index contributed by atoms with van der Waals surface area (Å²) in [5, 5.41) is 14.1. The summed E-state index contributed by atoms with van der Waals surface area (Å²) in [6.07, 6.45) is 3.51. The molecule has 2 aromatic carbocycles. The van der Waals surface area contributed by atoms with Crippen LogP contribution in [0.25, 0.3) is 16.8 Å². The lowest BCUT2D eigenvalue weighted by Gasteiger charge is -2.23. The van der Waals surface area contributed by atoms with E-state index in [1.807, 2.05) is 36.4 Å². The molecule has 4 aromatic rings.